The fourth-order valence-electron chi connectivity index (χ4n) is 1.39. The molecular formula is C13H11N3O3. The molecule has 0 aliphatic heterocycles. The lowest BCUT2D eigenvalue weighted by atomic mass is 10.3. The lowest BCUT2D eigenvalue weighted by Crippen LogP contribution is -1.85. The average Bonchev–Trinajstić information content (AvgIpc) is 2.92. The molecule has 0 amide bonds. The third-order valence-electron chi connectivity index (χ3n) is 2.30. The van der Waals surface area contributed by atoms with E-state index < -0.39 is 4.92 Å². The van der Waals surface area contributed by atoms with Crippen molar-refractivity contribution in [3.05, 3.63) is 70.8 Å². The smallest absolute Gasteiger partial charge is 0.269 e. The van der Waals surface area contributed by atoms with Crippen molar-refractivity contribution in [1.29, 1.82) is 0 Å². The monoisotopic (exact) mass is 257 g/mol. The van der Waals surface area contributed by atoms with Crippen molar-refractivity contribution in [2.24, 2.45) is 10.2 Å². The first-order chi connectivity index (χ1) is 9.25. The molecule has 0 aliphatic carbocycles. The van der Waals surface area contributed by atoms with Gasteiger partial charge >= 0.3 is 0 Å². The molecule has 0 spiro atoms. The van der Waals surface area contributed by atoms with Crippen molar-refractivity contribution in [1.82, 2.24) is 0 Å². The molecule has 0 N–H and O–H groups in total. The molecule has 19 heavy (non-hydrogen) atoms. The highest BCUT2D eigenvalue weighted by atomic mass is 16.6. The predicted molar refractivity (Wildman–Crippen MR) is 69.2 cm³/mol. The minimum atomic E-state index is -0.454. The van der Waals surface area contributed by atoms with Gasteiger partial charge in [-0.1, -0.05) is 6.08 Å². The number of non-ortho nitro benzene ring substituents is 1. The first-order valence-corrected chi connectivity index (χ1v) is 5.58. The van der Waals surface area contributed by atoms with E-state index in [1.807, 2.05) is 18.2 Å². The van der Waals surface area contributed by atoms with Gasteiger partial charge in [0.2, 0.25) is 0 Å². The molecule has 0 saturated carbocycles. The van der Waals surface area contributed by atoms with E-state index in [1.165, 1.54) is 12.1 Å². The van der Waals surface area contributed by atoms with E-state index in [1.54, 1.807) is 24.6 Å². The Bertz CT molecular complexity index is 586. The van der Waals surface area contributed by atoms with Crippen LogP contribution >= 0.6 is 0 Å². The molecule has 0 bridgehead atoms. The Hall–Kier alpha value is -2.76. The van der Waals surface area contributed by atoms with Gasteiger partial charge in [-0.25, -0.2) is 0 Å². The van der Waals surface area contributed by atoms with E-state index in [4.69, 9.17) is 4.42 Å². The van der Waals surface area contributed by atoms with Crippen LogP contribution in [0.15, 0.2) is 69.6 Å². The van der Waals surface area contributed by atoms with Gasteiger partial charge in [0.25, 0.3) is 5.69 Å². The molecule has 0 unspecified atom stereocenters. The third kappa shape index (κ3) is 3.88. The van der Waals surface area contributed by atoms with E-state index in [0.29, 0.717) is 12.1 Å². The zero-order valence-electron chi connectivity index (χ0n) is 9.97. The Kier molecular flexibility index (Phi) is 4.17. The molecule has 0 saturated heterocycles. The Morgan fingerprint density at radius 1 is 1.26 bits per heavy atom. The zero-order valence-corrected chi connectivity index (χ0v) is 9.97. The Morgan fingerprint density at radius 2 is 2.05 bits per heavy atom. The number of hydrogen-bond donors (Lipinski definition) is 0. The second-order valence-corrected chi connectivity index (χ2v) is 3.66. The van der Waals surface area contributed by atoms with Crippen molar-refractivity contribution < 1.29 is 9.34 Å². The molecule has 6 nitrogen and oxygen atoms in total. The summed E-state index contributed by atoms with van der Waals surface area (Å²) >= 11 is 0. The number of rotatable bonds is 5. The molecule has 0 atom stereocenters. The van der Waals surface area contributed by atoms with Gasteiger partial charge in [0.05, 0.1) is 16.9 Å². The summed E-state index contributed by atoms with van der Waals surface area (Å²) in [7, 11) is 0. The first-order valence-electron chi connectivity index (χ1n) is 5.58. The highest BCUT2D eigenvalue weighted by Gasteiger charge is 2.02. The van der Waals surface area contributed by atoms with Gasteiger partial charge in [-0.05, 0) is 24.3 Å². The summed E-state index contributed by atoms with van der Waals surface area (Å²) in [5, 5.41) is 18.2. The lowest BCUT2D eigenvalue weighted by molar-refractivity contribution is -0.384. The topological polar surface area (TPSA) is 81.0 Å². The minimum Gasteiger partial charge on any atom is -0.469 e. The molecule has 1 aromatic heterocycles. The SMILES string of the molecule is O=[N+]([O-])c1ccc(N=N/C=C/Cc2ccco2)cc1. The number of furan rings is 1. The molecule has 1 aromatic carbocycles. The molecular weight excluding hydrogens is 246 g/mol. The van der Waals surface area contributed by atoms with Gasteiger partial charge in [-0.15, -0.1) is 0 Å². The van der Waals surface area contributed by atoms with Gasteiger partial charge in [-0.2, -0.15) is 10.2 Å². The van der Waals surface area contributed by atoms with Crippen molar-refractivity contribution in [3.8, 4) is 0 Å². The van der Waals surface area contributed by atoms with Crippen LogP contribution < -0.4 is 0 Å². The summed E-state index contributed by atoms with van der Waals surface area (Å²) in [6, 6.07) is 9.56. The van der Waals surface area contributed by atoms with Crippen molar-refractivity contribution >= 4 is 11.4 Å². The molecule has 0 aliphatic rings. The van der Waals surface area contributed by atoms with Gasteiger partial charge in [-0.3, -0.25) is 10.1 Å². The number of nitro benzene ring substituents is 1. The van der Waals surface area contributed by atoms with Gasteiger partial charge in [0.15, 0.2) is 0 Å². The van der Waals surface area contributed by atoms with Crippen LogP contribution in [0.25, 0.3) is 0 Å². The summed E-state index contributed by atoms with van der Waals surface area (Å²) in [6.45, 7) is 0. The van der Waals surface area contributed by atoms with E-state index in [-0.39, 0.29) is 5.69 Å². The summed E-state index contributed by atoms with van der Waals surface area (Å²) in [5.74, 6) is 0.849. The molecule has 0 fully saturated rings. The molecule has 2 rings (SSSR count). The first kappa shape index (κ1) is 12.7. The summed E-state index contributed by atoms with van der Waals surface area (Å²) in [6.07, 6.45) is 5.63. The van der Waals surface area contributed by atoms with Gasteiger partial charge in [0, 0.05) is 24.8 Å². The maximum absolute atomic E-state index is 10.5. The number of nitrogens with zero attached hydrogens (tertiary/aromatic N) is 3. The van der Waals surface area contributed by atoms with Gasteiger partial charge < -0.3 is 4.42 Å². The fourth-order valence-corrected chi connectivity index (χ4v) is 1.39. The second-order valence-electron chi connectivity index (χ2n) is 3.66. The van der Waals surface area contributed by atoms with Crippen LogP contribution in [0.3, 0.4) is 0 Å². The largest absolute Gasteiger partial charge is 0.469 e. The lowest BCUT2D eigenvalue weighted by Gasteiger charge is -1.91. The van der Waals surface area contributed by atoms with Crippen LogP contribution in [-0.2, 0) is 6.42 Å². The maximum atomic E-state index is 10.5. The normalized spacial score (nSPS) is 11.4. The summed E-state index contributed by atoms with van der Waals surface area (Å²) in [5.41, 5.74) is 0.598. The van der Waals surface area contributed by atoms with Crippen molar-refractivity contribution in [2.75, 3.05) is 0 Å². The standard InChI is InChI=1S/C13H11N3O3/c17-16(18)12-7-5-11(6-8-12)15-14-9-1-3-13-4-2-10-19-13/h1-2,4-10H,3H2/b9-1+,15-14?. The number of hydrogen-bond acceptors (Lipinski definition) is 5. The number of azo groups is 1. The summed E-state index contributed by atoms with van der Waals surface area (Å²) in [4.78, 5) is 10.0. The maximum Gasteiger partial charge on any atom is 0.269 e. The van der Waals surface area contributed by atoms with Crippen LogP contribution in [-0.4, -0.2) is 4.92 Å². The van der Waals surface area contributed by atoms with E-state index in [0.717, 1.165) is 5.76 Å². The van der Waals surface area contributed by atoms with Crippen molar-refractivity contribution in [3.63, 3.8) is 0 Å². The van der Waals surface area contributed by atoms with Crippen LogP contribution in [0, 0.1) is 10.1 Å². The number of allylic oxidation sites excluding steroid dienone is 1. The van der Waals surface area contributed by atoms with Crippen LogP contribution in [0.4, 0.5) is 11.4 Å². The zero-order chi connectivity index (χ0) is 13.5. The van der Waals surface area contributed by atoms with Crippen LogP contribution in [0.1, 0.15) is 5.76 Å². The van der Waals surface area contributed by atoms with Crippen LogP contribution in [0.5, 0.6) is 0 Å². The van der Waals surface area contributed by atoms with E-state index in [2.05, 4.69) is 10.2 Å². The average molecular weight is 257 g/mol. The van der Waals surface area contributed by atoms with Gasteiger partial charge in [0.1, 0.15) is 5.76 Å². The molecule has 6 heteroatoms. The Labute approximate surface area is 109 Å². The minimum absolute atomic E-state index is 0.0345. The highest BCUT2D eigenvalue weighted by molar-refractivity contribution is 5.43. The molecule has 2 aromatic rings. The van der Waals surface area contributed by atoms with E-state index >= 15 is 0 Å². The van der Waals surface area contributed by atoms with Crippen LogP contribution in [0.2, 0.25) is 0 Å². The molecule has 96 valence electrons. The van der Waals surface area contributed by atoms with Crippen molar-refractivity contribution in [2.45, 2.75) is 6.42 Å². The Morgan fingerprint density at radius 3 is 2.68 bits per heavy atom. The second kappa shape index (κ2) is 6.25. The molecule has 0 radical (unpaired) electrons. The summed E-state index contributed by atoms with van der Waals surface area (Å²) < 4.78 is 5.15. The number of nitro groups is 1. The highest BCUT2D eigenvalue weighted by Crippen LogP contribution is 2.18. The quantitative estimate of drug-likeness (QED) is 0.460. The number of benzene rings is 1. The predicted octanol–water partition coefficient (Wildman–Crippen LogP) is 4.03. The fraction of sp³-hybridized carbons (Fsp3) is 0.0769. The van der Waals surface area contributed by atoms with E-state index in [9.17, 15) is 10.1 Å². The Balaban J connectivity index is 1.88. The third-order valence-corrected chi connectivity index (χ3v) is 2.30. The molecule has 1 heterocycles.